The van der Waals surface area contributed by atoms with Crippen molar-refractivity contribution in [1.29, 1.82) is 0 Å². The Hall–Kier alpha value is -1.93. The van der Waals surface area contributed by atoms with Crippen molar-refractivity contribution < 1.29 is 8.42 Å². The van der Waals surface area contributed by atoms with Crippen LogP contribution in [0, 0.1) is 0 Å². The van der Waals surface area contributed by atoms with E-state index in [4.69, 9.17) is 5.84 Å². The molecule has 1 fully saturated rings. The predicted octanol–water partition coefficient (Wildman–Crippen LogP) is 0.150. The maximum absolute atomic E-state index is 11.5. The summed E-state index contributed by atoms with van der Waals surface area (Å²) < 4.78 is 23.0. The number of rotatable bonds is 2. The number of nitrogen functional groups attached to an aromatic ring is 1. The Morgan fingerprint density at radius 1 is 1.15 bits per heavy atom. The van der Waals surface area contributed by atoms with Crippen LogP contribution in [0.1, 0.15) is 0 Å². The summed E-state index contributed by atoms with van der Waals surface area (Å²) >= 11 is 0. The van der Waals surface area contributed by atoms with Crippen LogP contribution < -0.4 is 16.2 Å². The number of nitrogens with zero attached hydrogens (tertiary/aromatic N) is 3. The molecule has 8 heteroatoms. The topological polar surface area (TPSA) is 101 Å². The lowest BCUT2D eigenvalue weighted by molar-refractivity contribution is 0.586. The maximum Gasteiger partial charge on any atom is 0.239 e. The van der Waals surface area contributed by atoms with Gasteiger partial charge in [-0.3, -0.25) is 5.43 Å². The van der Waals surface area contributed by atoms with Crippen molar-refractivity contribution in [1.82, 2.24) is 9.97 Å². The minimum atomic E-state index is -2.92. The number of hydrogen-bond acceptors (Lipinski definition) is 7. The third-order valence-corrected chi connectivity index (χ3v) is 4.97. The van der Waals surface area contributed by atoms with Crippen molar-refractivity contribution in [3.05, 3.63) is 24.3 Å². The molecule has 0 spiro atoms. The van der Waals surface area contributed by atoms with Crippen LogP contribution in [0.2, 0.25) is 0 Å². The monoisotopic (exact) mass is 293 g/mol. The fourth-order valence-corrected chi connectivity index (χ4v) is 3.49. The van der Waals surface area contributed by atoms with Gasteiger partial charge in [0, 0.05) is 18.5 Å². The molecule has 7 nitrogen and oxygen atoms in total. The van der Waals surface area contributed by atoms with E-state index in [2.05, 4.69) is 15.4 Å². The number of benzene rings is 1. The molecular weight excluding hydrogens is 278 g/mol. The normalized spacial score (nSPS) is 18.1. The smallest absolute Gasteiger partial charge is 0.239 e. The Bertz CT molecular complexity index is 733. The summed E-state index contributed by atoms with van der Waals surface area (Å²) in [4.78, 5) is 10.6. The van der Waals surface area contributed by atoms with Gasteiger partial charge in [0.1, 0.15) is 5.82 Å². The minimum Gasteiger partial charge on any atom is -0.354 e. The number of anilines is 2. The number of nitrogens with two attached hydrogens (primary N) is 1. The van der Waals surface area contributed by atoms with Crippen LogP contribution in [-0.2, 0) is 9.84 Å². The van der Waals surface area contributed by atoms with Crippen LogP contribution in [-0.4, -0.2) is 43.0 Å². The molecule has 20 heavy (non-hydrogen) atoms. The quantitative estimate of drug-likeness (QED) is 0.600. The largest absolute Gasteiger partial charge is 0.354 e. The standard InChI is InChI=1S/C12H15N5O2S/c13-16-12-14-10-4-2-1-3-9(10)11(15-12)17-5-7-20(18,19)8-6-17/h1-4H,5-8,13H2,(H,14,15,16). The van der Waals surface area contributed by atoms with Gasteiger partial charge in [-0.15, -0.1) is 0 Å². The molecule has 1 aliphatic rings. The first-order valence-electron chi connectivity index (χ1n) is 6.28. The Balaban J connectivity index is 2.06. The van der Waals surface area contributed by atoms with E-state index in [0.29, 0.717) is 19.0 Å². The summed E-state index contributed by atoms with van der Waals surface area (Å²) in [5.41, 5.74) is 3.22. The highest BCUT2D eigenvalue weighted by atomic mass is 32.2. The third kappa shape index (κ3) is 2.39. The van der Waals surface area contributed by atoms with E-state index in [9.17, 15) is 8.42 Å². The molecule has 1 aromatic heterocycles. The zero-order valence-corrected chi connectivity index (χ0v) is 11.6. The minimum absolute atomic E-state index is 0.150. The first-order valence-corrected chi connectivity index (χ1v) is 8.10. The molecule has 0 amide bonds. The number of nitrogens with one attached hydrogen (secondary N) is 1. The second kappa shape index (κ2) is 4.88. The average molecular weight is 293 g/mol. The first kappa shape index (κ1) is 13.1. The number of hydrogen-bond donors (Lipinski definition) is 2. The molecule has 3 rings (SSSR count). The Labute approximate surface area is 116 Å². The van der Waals surface area contributed by atoms with E-state index in [0.717, 1.165) is 16.7 Å². The van der Waals surface area contributed by atoms with Gasteiger partial charge in [0.2, 0.25) is 5.95 Å². The molecular formula is C12H15N5O2S. The second-order valence-electron chi connectivity index (χ2n) is 4.67. The number of hydrazine groups is 1. The lowest BCUT2D eigenvalue weighted by Crippen LogP contribution is -2.41. The SMILES string of the molecule is NNc1nc(N2CCS(=O)(=O)CC2)c2ccccc2n1. The van der Waals surface area contributed by atoms with Crippen molar-refractivity contribution in [3.63, 3.8) is 0 Å². The highest BCUT2D eigenvalue weighted by molar-refractivity contribution is 7.91. The molecule has 0 saturated carbocycles. The zero-order chi connectivity index (χ0) is 14.2. The fourth-order valence-electron chi connectivity index (χ4n) is 2.29. The number of sulfone groups is 1. The second-order valence-corrected chi connectivity index (χ2v) is 6.97. The number of fused-ring (bicyclic) bond motifs is 1. The van der Waals surface area contributed by atoms with E-state index < -0.39 is 9.84 Å². The number of aromatic nitrogens is 2. The van der Waals surface area contributed by atoms with E-state index >= 15 is 0 Å². The molecule has 0 atom stereocenters. The van der Waals surface area contributed by atoms with Gasteiger partial charge >= 0.3 is 0 Å². The van der Waals surface area contributed by atoms with E-state index in [-0.39, 0.29) is 11.5 Å². The summed E-state index contributed by atoms with van der Waals surface area (Å²) in [6, 6.07) is 7.60. The van der Waals surface area contributed by atoms with Crippen LogP contribution >= 0.6 is 0 Å². The van der Waals surface area contributed by atoms with E-state index in [1.165, 1.54) is 0 Å². The summed E-state index contributed by atoms with van der Waals surface area (Å²) in [5.74, 6) is 6.74. The van der Waals surface area contributed by atoms with Gasteiger partial charge < -0.3 is 4.90 Å². The van der Waals surface area contributed by atoms with Gasteiger partial charge in [-0.05, 0) is 12.1 Å². The molecule has 0 unspecified atom stereocenters. The molecule has 3 N–H and O–H groups in total. The van der Waals surface area contributed by atoms with Crippen molar-refractivity contribution in [2.45, 2.75) is 0 Å². The molecule has 2 heterocycles. The lowest BCUT2D eigenvalue weighted by atomic mass is 10.2. The van der Waals surface area contributed by atoms with Gasteiger partial charge in [0.05, 0.1) is 17.0 Å². The van der Waals surface area contributed by atoms with Gasteiger partial charge in [-0.1, -0.05) is 12.1 Å². The third-order valence-electron chi connectivity index (χ3n) is 3.36. The lowest BCUT2D eigenvalue weighted by Gasteiger charge is -2.28. The molecule has 0 radical (unpaired) electrons. The van der Waals surface area contributed by atoms with Crippen LogP contribution in [0.4, 0.5) is 11.8 Å². The zero-order valence-electron chi connectivity index (χ0n) is 10.8. The highest BCUT2D eigenvalue weighted by Crippen LogP contribution is 2.26. The van der Waals surface area contributed by atoms with Crippen LogP contribution in [0.25, 0.3) is 10.9 Å². The van der Waals surface area contributed by atoms with Crippen molar-refractivity contribution in [2.24, 2.45) is 5.84 Å². The van der Waals surface area contributed by atoms with Gasteiger partial charge in [0.15, 0.2) is 9.84 Å². The Morgan fingerprint density at radius 3 is 2.55 bits per heavy atom. The van der Waals surface area contributed by atoms with Crippen LogP contribution in [0.3, 0.4) is 0 Å². The summed E-state index contributed by atoms with van der Waals surface area (Å²) in [5, 5.41) is 0.894. The summed E-state index contributed by atoms with van der Waals surface area (Å²) in [7, 11) is -2.92. The highest BCUT2D eigenvalue weighted by Gasteiger charge is 2.24. The summed E-state index contributed by atoms with van der Waals surface area (Å²) in [6.07, 6.45) is 0. The molecule has 1 aliphatic heterocycles. The van der Waals surface area contributed by atoms with Gasteiger partial charge in [-0.2, -0.15) is 4.98 Å². The maximum atomic E-state index is 11.5. The number of para-hydroxylation sites is 1. The van der Waals surface area contributed by atoms with Crippen LogP contribution in [0.5, 0.6) is 0 Å². The van der Waals surface area contributed by atoms with Crippen molar-refractivity contribution in [2.75, 3.05) is 34.9 Å². The molecule has 0 bridgehead atoms. The van der Waals surface area contributed by atoms with E-state index in [1.807, 2.05) is 29.2 Å². The van der Waals surface area contributed by atoms with Crippen molar-refractivity contribution >= 4 is 32.5 Å². The summed E-state index contributed by atoms with van der Waals surface area (Å²) in [6.45, 7) is 0.876. The first-order chi connectivity index (χ1) is 9.59. The Morgan fingerprint density at radius 2 is 1.85 bits per heavy atom. The van der Waals surface area contributed by atoms with E-state index in [1.54, 1.807) is 0 Å². The van der Waals surface area contributed by atoms with Gasteiger partial charge in [0.25, 0.3) is 0 Å². The molecule has 106 valence electrons. The molecule has 0 aliphatic carbocycles. The average Bonchev–Trinajstić information content (AvgIpc) is 2.46. The predicted molar refractivity (Wildman–Crippen MR) is 78.2 cm³/mol. The molecule has 1 saturated heterocycles. The molecule has 2 aromatic rings. The molecule has 1 aromatic carbocycles. The van der Waals surface area contributed by atoms with Crippen LogP contribution in [0.15, 0.2) is 24.3 Å². The fraction of sp³-hybridized carbons (Fsp3) is 0.333. The Kier molecular flexibility index (Phi) is 3.19. The van der Waals surface area contributed by atoms with Crippen molar-refractivity contribution in [3.8, 4) is 0 Å². The van der Waals surface area contributed by atoms with Gasteiger partial charge in [-0.25, -0.2) is 19.2 Å².